The van der Waals surface area contributed by atoms with E-state index < -0.39 is 29.4 Å². The number of aliphatic hydroxyl groups is 1. The Morgan fingerprint density at radius 2 is 1.94 bits per heavy atom. The van der Waals surface area contributed by atoms with Crippen LogP contribution in [0.5, 0.6) is 11.6 Å². The molecule has 0 fully saturated rings. The molecule has 11 heteroatoms. The third-order valence-electron chi connectivity index (χ3n) is 5.33. The first-order valence-electron chi connectivity index (χ1n) is 9.42. The van der Waals surface area contributed by atoms with Crippen molar-refractivity contribution in [1.82, 2.24) is 9.55 Å². The molecule has 2 atom stereocenters. The average molecular weight is 480 g/mol. The molecule has 0 aliphatic heterocycles. The van der Waals surface area contributed by atoms with Crippen LogP contribution in [0.15, 0.2) is 48.7 Å². The lowest BCUT2D eigenvalue weighted by Crippen LogP contribution is -2.47. The number of hydrogen-bond donors (Lipinski definition) is 2. The number of halogens is 4. The van der Waals surface area contributed by atoms with Gasteiger partial charge in [-0.3, -0.25) is 0 Å². The standard InChI is InChI=1S/C22H17ClF3N3O4/c1-12(21(32,22(24,25)26)18-7-4-14(10-27)29(18)2)16-6-5-15(9-17(16)23)33-19-8-3-13(11-28-19)20(30)31/h3-9,11-12,32H,1-2H3,(H,30,31)/t12-,21-/m1/s1. The van der Waals surface area contributed by atoms with Crippen LogP contribution in [0, 0.1) is 11.3 Å². The van der Waals surface area contributed by atoms with Crippen molar-refractivity contribution in [1.29, 1.82) is 5.26 Å². The van der Waals surface area contributed by atoms with Crippen molar-refractivity contribution in [3.05, 3.63) is 76.2 Å². The minimum absolute atomic E-state index is 0.00210. The quantitative estimate of drug-likeness (QED) is 0.515. The number of carboxylic acid groups (broad SMARTS) is 1. The van der Waals surface area contributed by atoms with Crippen LogP contribution in [0.25, 0.3) is 0 Å². The summed E-state index contributed by atoms with van der Waals surface area (Å²) < 4.78 is 48.9. The summed E-state index contributed by atoms with van der Waals surface area (Å²) in [6.07, 6.45) is -3.99. The van der Waals surface area contributed by atoms with Gasteiger partial charge in [-0.1, -0.05) is 24.6 Å². The number of hydrogen-bond acceptors (Lipinski definition) is 5. The second kappa shape index (κ2) is 8.77. The van der Waals surface area contributed by atoms with Gasteiger partial charge in [-0.2, -0.15) is 18.4 Å². The molecule has 3 aromatic rings. The van der Waals surface area contributed by atoms with E-state index in [1.54, 1.807) is 6.07 Å². The van der Waals surface area contributed by atoms with Gasteiger partial charge in [0.05, 0.1) is 11.3 Å². The van der Waals surface area contributed by atoms with Crippen LogP contribution >= 0.6 is 11.6 Å². The summed E-state index contributed by atoms with van der Waals surface area (Å²) in [7, 11) is 1.26. The zero-order valence-electron chi connectivity index (χ0n) is 17.3. The lowest BCUT2D eigenvalue weighted by molar-refractivity contribution is -0.276. The van der Waals surface area contributed by atoms with Crippen LogP contribution in [0.2, 0.25) is 5.02 Å². The van der Waals surface area contributed by atoms with Gasteiger partial charge in [-0.15, -0.1) is 0 Å². The number of pyridine rings is 1. The lowest BCUT2D eigenvalue weighted by Gasteiger charge is -2.37. The molecule has 1 aromatic carbocycles. The first kappa shape index (κ1) is 24.1. The third-order valence-corrected chi connectivity index (χ3v) is 5.66. The number of benzene rings is 1. The molecule has 0 radical (unpaired) electrons. The van der Waals surface area contributed by atoms with Gasteiger partial charge in [0.2, 0.25) is 11.5 Å². The number of aromatic nitrogens is 2. The van der Waals surface area contributed by atoms with E-state index in [0.29, 0.717) is 0 Å². The molecule has 0 bridgehead atoms. The molecule has 33 heavy (non-hydrogen) atoms. The number of carboxylic acids is 1. The molecule has 0 saturated heterocycles. The Morgan fingerprint density at radius 1 is 1.24 bits per heavy atom. The molecule has 0 aliphatic carbocycles. The number of alkyl halides is 3. The number of nitriles is 1. The molecule has 7 nitrogen and oxygen atoms in total. The number of aromatic carboxylic acids is 1. The van der Waals surface area contributed by atoms with E-state index in [1.165, 1.54) is 50.4 Å². The maximum absolute atomic E-state index is 14.1. The summed E-state index contributed by atoms with van der Waals surface area (Å²) in [4.78, 5) is 14.7. The van der Waals surface area contributed by atoms with Gasteiger partial charge >= 0.3 is 12.1 Å². The summed E-state index contributed by atoms with van der Waals surface area (Å²) in [6.45, 7) is 1.18. The fourth-order valence-corrected chi connectivity index (χ4v) is 3.79. The molecular weight excluding hydrogens is 463 g/mol. The van der Waals surface area contributed by atoms with Gasteiger partial charge in [0.1, 0.15) is 17.5 Å². The first-order chi connectivity index (χ1) is 15.4. The van der Waals surface area contributed by atoms with Gasteiger partial charge in [-0.05, 0) is 35.9 Å². The van der Waals surface area contributed by atoms with Crippen LogP contribution in [-0.2, 0) is 12.6 Å². The maximum atomic E-state index is 14.1. The van der Waals surface area contributed by atoms with Crippen LogP contribution in [0.1, 0.15) is 40.2 Å². The second-order valence-corrected chi connectivity index (χ2v) is 7.64. The molecule has 0 saturated carbocycles. The molecule has 172 valence electrons. The fourth-order valence-electron chi connectivity index (χ4n) is 3.45. The topological polar surface area (TPSA) is 108 Å². The molecule has 0 amide bonds. The van der Waals surface area contributed by atoms with Crippen LogP contribution in [0.3, 0.4) is 0 Å². The van der Waals surface area contributed by atoms with Crippen molar-refractivity contribution in [2.75, 3.05) is 0 Å². The molecule has 0 aliphatic rings. The third kappa shape index (κ3) is 4.37. The lowest BCUT2D eigenvalue weighted by atomic mass is 9.80. The number of nitrogens with zero attached hydrogens (tertiary/aromatic N) is 3. The zero-order valence-corrected chi connectivity index (χ0v) is 18.0. The Hall–Kier alpha value is -3.55. The summed E-state index contributed by atoms with van der Waals surface area (Å²) in [5, 5.41) is 28.8. The number of ether oxygens (including phenoxy) is 1. The fraction of sp³-hybridized carbons (Fsp3) is 0.227. The van der Waals surface area contributed by atoms with E-state index in [4.69, 9.17) is 26.7 Å². The van der Waals surface area contributed by atoms with Gasteiger partial charge < -0.3 is 19.5 Å². The second-order valence-electron chi connectivity index (χ2n) is 7.24. The number of carbonyl (C=O) groups is 1. The highest BCUT2D eigenvalue weighted by molar-refractivity contribution is 6.31. The van der Waals surface area contributed by atoms with E-state index in [9.17, 15) is 23.1 Å². The molecule has 0 unspecified atom stereocenters. The van der Waals surface area contributed by atoms with Crippen molar-refractivity contribution < 1.29 is 32.9 Å². The smallest absolute Gasteiger partial charge is 0.423 e. The predicted octanol–water partition coefficient (Wildman–Crippen LogP) is 4.99. The summed E-state index contributed by atoms with van der Waals surface area (Å²) in [5.41, 5.74) is -3.93. The Kier molecular flexibility index (Phi) is 6.40. The van der Waals surface area contributed by atoms with E-state index in [2.05, 4.69) is 4.98 Å². The van der Waals surface area contributed by atoms with Crippen molar-refractivity contribution >= 4 is 17.6 Å². The van der Waals surface area contributed by atoms with Crippen LogP contribution in [-0.4, -0.2) is 31.9 Å². The minimum atomic E-state index is -5.08. The normalized spacial score (nSPS) is 14.2. The molecule has 0 spiro atoms. The summed E-state index contributed by atoms with van der Waals surface area (Å²) >= 11 is 6.26. The molecule has 2 N–H and O–H groups in total. The van der Waals surface area contributed by atoms with Gasteiger partial charge in [0.15, 0.2) is 0 Å². The molecule has 2 heterocycles. The Morgan fingerprint density at radius 3 is 2.42 bits per heavy atom. The van der Waals surface area contributed by atoms with Gasteiger partial charge in [0.25, 0.3) is 0 Å². The highest BCUT2D eigenvalue weighted by Crippen LogP contribution is 2.50. The van der Waals surface area contributed by atoms with E-state index in [1.807, 2.05) is 0 Å². The Balaban J connectivity index is 1.96. The van der Waals surface area contributed by atoms with E-state index in [0.717, 1.165) is 16.8 Å². The minimum Gasteiger partial charge on any atom is -0.478 e. The Labute approximate surface area is 191 Å². The highest BCUT2D eigenvalue weighted by atomic mass is 35.5. The average Bonchev–Trinajstić information content (AvgIpc) is 3.13. The van der Waals surface area contributed by atoms with Crippen molar-refractivity contribution in [3.8, 4) is 17.7 Å². The predicted molar refractivity (Wildman–Crippen MR) is 111 cm³/mol. The van der Waals surface area contributed by atoms with Crippen molar-refractivity contribution in [3.63, 3.8) is 0 Å². The molecule has 2 aromatic heterocycles. The van der Waals surface area contributed by atoms with Gasteiger partial charge in [-0.25, -0.2) is 9.78 Å². The Bertz CT molecular complexity index is 1240. The highest BCUT2D eigenvalue weighted by Gasteiger charge is 2.60. The van der Waals surface area contributed by atoms with E-state index >= 15 is 0 Å². The van der Waals surface area contributed by atoms with Crippen LogP contribution < -0.4 is 4.74 Å². The van der Waals surface area contributed by atoms with Crippen molar-refractivity contribution in [2.24, 2.45) is 7.05 Å². The summed E-state index contributed by atoms with van der Waals surface area (Å²) in [6, 6.07) is 10.5. The molecular formula is C22H17ClF3N3O4. The monoisotopic (exact) mass is 479 g/mol. The van der Waals surface area contributed by atoms with E-state index in [-0.39, 0.29) is 33.5 Å². The maximum Gasteiger partial charge on any atom is 0.423 e. The first-order valence-corrected chi connectivity index (χ1v) is 9.80. The van der Waals surface area contributed by atoms with Crippen molar-refractivity contribution in [2.45, 2.75) is 24.6 Å². The largest absolute Gasteiger partial charge is 0.478 e. The number of rotatable bonds is 6. The van der Waals surface area contributed by atoms with Crippen LogP contribution in [0.4, 0.5) is 13.2 Å². The van der Waals surface area contributed by atoms with Gasteiger partial charge in [0, 0.05) is 30.3 Å². The summed E-state index contributed by atoms with van der Waals surface area (Å²) in [5.74, 6) is -2.51. The molecule has 3 rings (SSSR count). The SMILES string of the molecule is C[C@H](c1ccc(Oc2ccc(C(=O)O)cn2)cc1Cl)[C@@](O)(c1ccc(C#N)n1C)C(F)(F)F. The zero-order chi connectivity index (χ0) is 24.6.